The Morgan fingerprint density at radius 1 is 1.43 bits per heavy atom. The third-order valence-electron chi connectivity index (χ3n) is 2.83. The summed E-state index contributed by atoms with van der Waals surface area (Å²) in [6.07, 6.45) is 4.75. The van der Waals surface area contributed by atoms with Crippen LogP contribution in [0.5, 0.6) is 0 Å². The second-order valence-electron chi connectivity index (χ2n) is 3.97. The number of hydrogen-bond donors (Lipinski definition) is 2. The van der Waals surface area contributed by atoms with E-state index in [1.165, 1.54) is 12.8 Å². The highest BCUT2D eigenvalue weighted by Crippen LogP contribution is 2.17. The first-order valence-corrected chi connectivity index (χ1v) is 6.15. The van der Waals surface area contributed by atoms with Gasteiger partial charge in [-0.1, -0.05) is 0 Å². The van der Waals surface area contributed by atoms with E-state index >= 15 is 0 Å². The lowest BCUT2D eigenvalue weighted by Gasteiger charge is -2.26. The zero-order valence-corrected chi connectivity index (χ0v) is 9.09. The minimum Gasteiger partial charge on any atom is -0.328 e. The van der Waals surface area contributed by atoms with Gasteiger partial charge >= 0.3 is 0 Å². The maximum absolute atomic E-state index is 5.85. The first-order valence-electron chi connectivity index (χ1n) is 5.20. The highest BCUT2D eigenvalue weighted by Gasteiger charge is 2.17. The molecule has 4 heteroatoms. The summed E-state index contributed by atoms with van der Waals surface area (Å²) in [4.78, 5) is 4.25. The summed E-state index contributed by atoms with van der Waals surface area (Å²) in [7, 11) is 0. The molecule has 3 N–H and O–H groups in total. The van der Waals surface area contributed by atoms with Crippen LogP contribution in [0, 0.1) is 0 Å². The van der Waals surface area contributed by atoms with Crippen LogP contribution in [0.3, 0.4) is 0 Å². The van der Waals surface area contributed by atoms with Crippen molar-refractivity contribution in [2.45, 2.75) is 44.3 Å². The fourth-order valence-electron chi connectivity index (χ4n) is 1.90. The van der Waals surface area contributed by atoms with Crippen LogP contribution in [0.25, 0.3) is 0 Å². The predicted octanol–water partition coefficient (Wildman–Crippen LogP) is 1.50. The summed E-state index contributed by atoms with van der Waals surface area (Å²) in [6, 6.07) is 1.09. The monoisotopic (exact) mass is 211 g/mol. The van der Waals surface area contributed by atoms with E-state index in [4.69, 9.17) is 5.73 Å². The van der Waals surface area contributed by atoms with E-state index in [1.807, 2.05) is 5.51 Å². The van der Waals surface area contributed by atoms with Crippen LogP contribution < -0.4 is 11.1 Å². The summed E-state index contributed by atoms with van der Waals surface area (Å²) < 4.78 is 0. The topological polar surface area (TPSA) is 50.9 Å². The van der Waals surface area contributed by atoms with E-state index in [1.54, 1.807) is 11.3 Å². The van der Waals surface area contributed by atoms with Gasteiger partial charge in [-0.25, -0.2) is 4.98 Å². The van der Waals surface area contributed by atoms with Crippen LogP contribution in [0.4, 0.5) is 0 Å². The van der Waals surface area contributed by atoms with E-state index in [2.05, 4.69) is 15.7 Å². The molecular weight excluding hydrogens is 194 g/mol. The number of aromatic nitrogens is 1. The van der Waals surface area contributed by atoms with E-state index in [9.17, 15) is 0 Å². The molecule has 0 aliphatic heterocycles. The molecule has 2 rings (SSSR count). The summed E-state index contributed by atoms with van der Waals surface area (Å²) in [5, 5.41) is 5.63. The van der Waals surface area contributed by atoms with Crippen LogP contribution in [-0.2, 0) is 6.54 Å². The quantitative estimate of drug-likeness (QED) is 0.796. The Balaban J connectivity index is 1.71. The number of nitrogens with one attached hydrogen (secondary N) is 1. The number of nitrogens with two attached hydrogens (primary N) is 1. The Kier molecular flexibility index (Phi) is 3.50. The van der Waals surface area contributed by atoms with Gasteiger partial charge in [0, 0.05) is 24.0 Å². The molecule has 0 amide bonds. The van der Waals surface area contributed by atoms with Gasteiger partial charge in [0.05, 0.1) is 11.2 Å². The average molecular weight is 211 g/mol. The molecule has 1 saturated carbocycles. The smallest absolute Gasteiger partial charge is 0.0795 e. The predicted molar refractivity (Wildman–Crippen MR) is 59.2 cm³/mol. The molecule has 3 nitrogen and oxygen atoms in total. The molecule has 1 heterocycles. The summed E-state index contributed by atoms with van der Waals surface area (Å²) in [5.74, 6) is 0. The van der Waals surface area contributed by atoms with Crippen molar-refractivity contribution in [2.75, 3.05) is 0 Å². The lowest BCUT2D eigenvalue weighted by atomic mass is 9.92. The van der Waals surface area contributed by atoms with Crippen molar-refractivity contribution in [1.29, 1.82) is 0 Å². The van der Waals surface area contributed by atoms with Crippen molar-refractivity contribution in [3.8, 4) is 0 Å². The SMILES string of the molecule is NC1CCC(NCc2cscn2)CC1. The number of rotatable bonds is 3. The Labute approximate surface area is 88.7 Å². The van der Waals surface area contributed by atoms with Crippen molar-refractivity contribution in [1.82, 2.24) is 10.3 Å². The molecule has 0 radical (unpaired) electrons. The Hall–Kier alpha value is -0.450. The van der Waals surface area contributed by atoms with Gasteiger partial charge in [0.25, 0.3) is 0 Å². The molecule has 78 valence electrons. The standard InChI is InChI=1S/C10H17N3S/c11-8-1-3-9(4-2-8)12-5-10-6-14-7-13-10/h6-9,12H,1-5,11H2. The highest BCUT2D eigenvalue weighted by molar-refractivity contribution is 7.07. The molecule has 0 spiro atoms. The van der Waals surface area contributed by atoms with Crippen LogP contribution in [0.15, 0.2) is 10.9 Å². The third-order valence-corrected chi connectivity index (χ3v) is 3.46. The third kappa shape index (κ3) is 2.77. The maximum atomic E-state index is 5.85. The van der Waals surface area contributed by atoms with Crippen LogP contribution in [0.1, 0.15) is 31.4 Å². The second-order valence-corrected chi connectivity index (χ2v) is 4.69. The van der Waals surface area contributed by atoms with E-state index in [0.29, 0.717) is 12.1 Å². The van der Waals surface area contributed by atoms with Crippen LogP contribution in [0.2, 0.25) is 0 Å². The lowest BCUT2D eigenvalue weighted by molar-refractivity contribution is 0.341. The molecule has 0 saturated heterocycles. The van der Waals surface area contributed by atoms with Gasteiger partial charge < -0.3 is 11.1 Å². The van der Waals surface area contributed by atoms with Gasteiger partial charge in [0.1, 0.15) is 0 Å². The molecule has 1 aromatic heterocycles. The first-order chi connectivity index (χ1) is 6.84. The molecule has 0 aromatic carbocycles. The largest absolute Gasteiger partial charge is 0.328 e. The van der Waals surface area contributed by atoms with Crippen molar-refractivity contribution in [3.05, 3.63) is 16.6 Å². The number of hydrogen-bond acceptors (Lipinski definition) is 4. The van der Waals surface area contributed by atoms with E-state index < -0.39 is 0 Å². The minimum atomic E-state index is 0.437. The van der Waals surface area contributed by atoms with E-state index in [0.717, 1.165) is 25.1 Å². The van der Waals surface area contributed by atoms with Crippen molar-refractivity contribution in [3.63, 3.8) is 0 Å². The van der Waals surface area contributed by atoms with Gasteiger partial charge in [0.15, 0.2) is 0 Å². The molecule has 0 atom stereocenters. The average Bonchev–Trinajstić information content (AvgIpc) is 2.70. The molecule has 1 aliphatic rings. The maximum Gasteiger partial charge on any atom is 0.0795 e. The van der Waals surface area contributed by atoms with Crippen LogP contribution >= 0.6 is 11.3 Å². The molecule has 1 aliphatic carbocycles. The minimum absolute atomic E-state index is 0.437. The lowest BCUT2D eigenvalue weighted by Crippen LogP contribution is -2.37. The van der Waals surface area contributed by atoms with Crippen LogP contribution in [-0.4, -0.2) is 17.1 Å². The normalized spacial score (nSPS) is 27.8. The number of nitrogens with zero attached hydrogens (tertiary/aromatic N) is 1. The van der Waals surface area contributed by atoms with Crippen molar-refractivity contribution < 1.29 is 0 Å². The summed E-state index contributed by atoms with van der Waals surface area (Å²) in [6.45, 7) is 0.906. The summed E-state index contributed by atoms with van der Waals surface area (Å²) in [5.41, 5.74) is 8.89. The molecule has 0 bridgehead atoms. The van der Waals surface area contributed by atoms with Crippen molar-refractivity contribution in [2.24, 2.45) is 5.73 Å². The zero-order valence-electron chi connectivity index (χ0n) is 8.28. The van der Waals surface area contributed by atoms with Gasteiger partial charge in [-0.05, 0) is 25.7 Å². The second kappa shape index (κ2) is 4.87. The molecule has 14 heavy (non-hydrogen) atoms. The Bertz CT molecular complexity index is 252. The van der Waals surface area contributed by atoms with Crippen molar-refractivity contribution >= 4 is 11.3 Å². The molecule has 1 aromatic rings. The molecule has 0 unspecified atom stereocenters. The fraction of sp³-hybridized carbons (Fsp3) is 0.700. The van der Waals surface area contributed by atoms with Gasteiger partial charge in [-0.3, -0.25) is 0 Å². The molecule has 1 fully saturated rings. The summed E-state index contributed by atoms with van der Waals surface area (Å²) >= 11 is 1.66. The first kappa shape index (κ1) is 10.1. The highest BCUT2D eigenvalue weighted by atomic mass is 32.1. The zero-order chi connectivity index (χ0) is 9.80. The fourth-order valence-corrected chi connectivity index (χ4v) is 2.46. The number of thiazole rings is 1. The molecular formula is C10H17N3S. The van der Waals surface area contributed by atoms with E-state index in [-0.39, 0.29) is 0 Å². The Morgan fingerprint density at radius 3 is 2.86 bits per heavy atom. The van der Waals surface area contributed by atoms with Gasteiger partial charge in [-0.2, -0.15) is 0 Å². The van der Waals surface area contributed by atoms with Gasteiger partial charge in [0.2, 0.25) is 0 Å². The van der Waals surface area contributed by atoms with Gasteiger partial charge in [-0.15, -0.1) is 11.3 Å². The Morgan fingerprint density at radius 2 is 2.21 bits per heavy atom.